The molecule has 2 aromatic rings. The molecule has 1 aromatic heterocycles. The van der Waals surface area contributed by atoms with Crippen molar-refractivity contribution in [1.29, 1.82) is 0 Å². The van der Waals surface area contributed by atoms with E-state index in [1.165, 1.54) is 21.6 Å². The van der Waals surface area contributed by atoms with Gasteiger partial charge < -0.3 is 5.73 Å². The van der Waals surface area contributed by atoms with Crippen molar-refractivity contribution in [1.82, 2.24) is 4.98 Å². The Morgan fingerprint density at radius 1 is 1.22 bits per heavy atom. The first-order valence-corrected chi connectivity index (χ1v) is 7.50. The van der Waals surface area contributed by atoms with E-state index in [9.17, 15) is 0 Å². The Balaban J connectivity index is 2.52. The number of nitrogens with zero attached hydrogens (tertiary/aromatic N) is 1. The van der Waals surface area contributed by atoms with Gasteiger partial charge in [0, 0.05) is 15.3 Å². The zero-order valence-corrected chi connectivity index (χ0v) is 13.4. The highest BCUT2D eigenvalue weighted by molar-refractivity contribution is 9.10. The van der Waals surface area contributed by atoms with Gasteiger partial charge >= 0.3 is 0 Å². The number of aromatic nitrogens is 1. The maximum absolute atomic E-state index is 5.80. The summed E-state index contributed by atoms with van der Waals surface area (Å²) in [5, 5.41) is 0.654. The SMILES string of the molecule is Cc1cc(Br)cc(C)c1C(C)c1sc(N)nc1C. The Hall–Kier alpha value is -0.870. The highest BCUT2D eigenvalue weighted by Gasteiger charge is 2.19. The number of aryl methyl sites for hydroxylation is 3. The summed E-state index contributed by atoms with van der Waals surface area (Å²) in [7, 11) is 0. The minimum Gasteiger partial charge on any atom is -0.375 e. The molecule has 0 aliphatic heterocycles. The lowest BCUT2D eigenvalue weighted by Crippen LogP contribution is -2.01. The Kier molecular flexibility index (Phi) is 3.78. The average Bonchev–Trinajstić information content (AvgIpc) is 2.56. The molecule has 1 atom stereocenters. The van der Waals surface area contributed by atoms with Crippen LogP contribution in [0.3, 0.4) is 0 Å². The molecule has 0 aliphatic carbocycles. The predicted octanol–water partition coefficient (Wildman–Crippen LogP) is 4.56. The van der Waals surface area contributed by atoms with E-state index in [2.05, 4.69) is 53.8 Å². The van der Waals surface area contributed by atoms with Crippen molar-refractivity contribution in [3.8, 4) is 0 Å². The molecule has 2 N–H and O–H groups in total. The summed E-state index contributed by atoms with van der Waals surface area (Å²) in [4.78, 5) is 5.59. The first-order valence-electron chi connectivity index (χ1n) is 5.89. The van der Waals surface area contributed by atoms with Crippen molar-refractivity contribution in [2.75, 3.05) is 5.73 Å². The van der Waals surface area contributed by atoms with Crippen LogP contribution in [0.4, 0.5) is 5.13 Å². The smallest absolute Gasteiger partial charge is 0.180 e. The molecule has 0 aliphatic rings. The average molecular weight is 325 g/mol. The van der Waals surface area contributed by atoms with Crippen molar-refractivity contribution < 1.29 is 0 Å². The van der Waals surface area contributed by atoms with Gasteiger partial charge in [0.25, 0.3) is 0 Å². The molecule has 2 rings (SSSR count). The van der Waals surface area contributed by atoms with Crippen molar-refractivity contribution in [2.45, 2.75) is 33.6 Å². The van der Waals surface area contributed by atoms with Gasteiger partial charge in [-0.2, -0.15) is 0 Å². The minimum atomic E-state index is 0.341. The number of halogens is 1. The van der Waals surface area contributed by atoms with Gasteiger partial charge in [-0.25, -0.2) is 4.98 Å². The molecule has 0 radical (unpaired) electrons. The summed E-state index contributed by atoms with van der Waals surface area (Å²) < 4.78 is 1.13. The molecule has 4 heteroatoms. The Morgan fingerprint density at radius 3 is 2.22 bits per heavy atom. The molecular weight excluding hydrogens is 308 g/mol. The van der Waals surface area contributed by atoms with Crippen molar-refractivity contribution in [3.63, 3.8) is 0 Å². The van der Waals surface area contributed by atoms with Crippen LogP contribution in [0.2, 0.25) is 0 Å². The zero-order valence-electron chi connectivity index (χ0n) is 11.0. The summed E-state index contributed by atoms with van der Waals surface area (Å²) in [6.45, 7) is 8.57. The van der Waals surface area contributed by atoms with Gasteiger partial charge in [-0.3, -0.25) is 0 Å². The van der Waals surface area contributed by atoms with E-state index in [1.807, 2.05) is 6.92 Å². The summed E-state index contributed by atoms with van der Waals surface area (Å²) in [5.41, 5.74) is 10.8. The van der Waals surface area contributed by atoms with Gasteiger partial charge in [0.2, 0.25) is 0 Å². The van der Waals surface area contributed by atoms with Gasteiger partial charge in [-0.15, -0.1) is 11.3 Å². The molecule has 18 heavy (non-hydrogen) atoms. The van der Waals surface area contributed by atoms with Gasteiger partial charge in [0.15, 0.2) is 5.13 Å². The molecule has 0 amide bonds. The molecule has 2 nitrogen and oxygen atoms in total. The van der Waals surface area contributed by atoms with E-state index >= 15 is 0 Å². The van der Waals surface area contributed by atoms with E-state index in [1.54, 1.807) is 11.3 Å². The van der Waals surface area contributed by atoms with E-state index in [0.717, 1.165) is 10.2 Å². The number of thiazole rings is 1. The first-order chi connectivity index (χ1) is 8.40. The third-order valence-electron chi connectivity index (χ3n) is 3.23. The lowest BCUT2D eigenvalue weighted by molar-refractivity contribution is 0.902. The standard InChI is InChI=1S/C14H17BrN2S/c1-7-5-11(15)6-8(2)12(7)9(3)13-10(4)17-14(16)18-13/h5-6,9H,1-4H3,(H2,16,17). The molecule has 1 unspecified atom stereocenters. The van der Waals surface area contributed by atoms with E-state index < -0.39 is 0 Å². The van der Waals surface area contributed by atoms with Crippen molar-refractivity contribution in [2.24, 2.45) is 0 Å². The minimum absolute atomic E-state index is 0.341. The largest absolute Gasteiger partial charge is 0.375 e. The number of benzene rings is 1. The van der Waals surface area contributed by atoms with Crippen LogP contribution >= 0.6 is 27.3 Å². The van der Waals surface area contributed by atoms with Crippen LogP contribution < -0.4 is 5.73 Å². The van der Waals surface area contributed by atoms with Gasteiger partial charge in [-0.1, -0.05) is 22.9 Å². The number of hydrogen-bond acceptors (Lipinski definition) is 3. The zero-order chi connectivity index (χ0) is 13.4. The van der Waals surface area contributed by atoms with Crippen LogP contribution in [0, 0.1) is 20.8 Å². The third-order valence-corrected chi connectivity index (χ3v) is 4.86. The van der Waals surface area contributed by atoms with Crippen LogP contribution in [0.1, 0.15) is 40.1 Å². The molecule has 96 valence electrons. The lowest BCUT2D eigenvalue weighted by atomic mass is 9.90. The second kappa shape index (κ2) is 5.02. The van der Waals surface area contributed by atoms with E-state index in [-0.39, 0.29) is 0 Å². The topological polar surface area (TPSA) is 38.9 Å². The van der Waals surface area contributed by atoms with E-state index in [0.29, 0.717) is 11.0 Å². The van der Waals surface area contributed by atoms with Crippen LogP contribution in [0.25, 0.3) is 0 Å². The maximum atomic E-state index is 5.80. The fraction of sp³-hybridized carbons (Fsp3) is 0.357. The van der Waals surface area contributed by atoms with Crippen LogP contribution in [0.5, 0.6) is 0 Å². The molecule has 0 fully saturated rings. The Morgan fingerprint density at radius 2 is 1.78 bits per heavy atom. The van der Waals surface area contributed by atoms with Crippen molar-refractivity contribution in [3.05, 3.63) is 43.9 Å². The highest BCUT2D eigenvalue weighted by atomic mass is 79.9. The van der Waals surface area contributed by atoms with Gasteiger partial charge in [0.05, 0.1) is 5.69 Å². The van der Waals surface area contributed by atoms with Crippen LogP contribution in [-0.4, -0.2) is 4.98 Å². The fourth-order valence-electron chi connectivity index (χ4n) is 2.57. The third kappa shape index (κ3) is 2.45. The molecule has 0 saturated carbocycles. The monoisotopic (exact) mass is 324 g/mol. The normalized spacial score (nSPS) is 12.7. The molecule has 1 aromatic carbocycles. The molecular formula is C14H17BrN2S. The summed E-state index contributed by atoms with van der Waals surface area (Å²) in [5.74, 6) is 0.341. The van der Waals surface area contributed by atoms with Gasteiger partial charge in [-0.05, 0) is 49.6 Å². The molecule has 0 bridgehead atoms. The number of rotatable bonds is 2. The van der Waals surface area contributed by atoms with Crippen LogP contribution in [0.15, 0.2) is 16.6 Å². The Labute approximate surface area is 120 Å². The first kappa shape index (κ1) is 13.6. The van der Waals surface area contributed by atoms with Crippen molar-refractivity contribution >= 4 is 32.4 Å². The van der Waals surface area contributed by atoms with E-state index in [4.69, 9.17) is 5.73 Å². The fourth-order valence-corrected chi connectivity index (χ4v) is 4.15. The second-order valence-electron chi connectivity index (χ2n) is 4.68. The maximum Gasteiger partial charge on any atom is 0.180 e. The number of nitrogens with two attached hydrogens (primary N) is 1. The Bertz CT molecular complexity index is 566. The molecule has 1 heterocycles. The number of anilines is 1. The molecule has 0 saturated heterocycles. The highest BCUT2D eigenvalue weighted by Crippen LogP contribution is 2.36. The molecule has 0 spiro atoms. The number of hydrogen-bond donors (Lipinski definition) is 1. The van der Waals surface area contributed by atoms with Crippen LogP contribution in [-0.2, 0) is 0 Å². The van der Waals surface area contributed by atoms with Gasteiger partial charge in [0.1, 0.15) is 0 Å². The second-order valence-corrected chi connectivity index (χ2v) is 6.65. The lowest BCUT2D eigenvalue weighted by Gasteiger charge is -2.17. The summed E-state index contributed by atoms with van der Waals surface area (Å²) in [6.07, 6.45) is 0. The number of nitrogen functional groups attached to an aromatic ring is 1. The summed E-state index contributed by atoms with van der Waals surface area (Å²) in [6, 6.07) is 4.33. The summed E-state index contributed by atoms with van der Waals surface area (Å²) >= 11 is 5.14. The predicted molar refractivity (Wildman–Crippen MR) is 82.4 cm³/mol. The quantitative estimate of drug-likeness (QED) is 0.879.